The van der Waals surface area contributed by atoms with Crippen LogP contribution in [0.15, 0.2) is 53.0 Å². The molecule has 0 radical (unpaired) electrons. The Labute approximate surface area is 126 Å². The molecule has 0 heterocycles. The molecule has 0 aliphatic carbocycles. The van der Waals surface area contributed by atoms with Crippen molar-refractivity contribution in [2.75, 3.05) is 0 Å². The molecular formula is C16H16BrNO2. The van der Waals surface area contributed by atoms with E-state index in [1.165, 1.54) is 0 Å². The molecule has 0 saturated heterocycles. The van der Waals surface area contributed by atoms with Gasteiger partial charge in [0.25, 0.3) is 0 Å². The molecule has 1 unspecified atom stereocenters. The van der Waals surface area contributed by atoms with Crippen LogP contribution in [0.5, 0.6) is 0 Å². The number of aliphatic carboxylic acids is 1. The van der Waals surface area contributed by atoms with Gasteiger partial charge >= 0.3 is 5.97 Å². The lowest BCUT2D eigenvalue weighted by Gasteiger charge is -2.15. The van der Waals surface area contributed by atoms with Gasteiger partial charge in [0.05, 0.1) is 0 Å². The average Bonchev–Trinajstić information content (AvgIpc) is 2.44. The third-order valence-electron chi connectivity index (χ3n) is 3.13. The highest BCUT2D eigenvalue weighted by atomic mass is 79.9. The van der Waals surface area contributed by atoms with E-state index in [-0.39, 0.29) is 0 Å². The van der Waals surface area contributed by atoms with Crippen LogP contribution in [0.4, 0.5) is 0 Å². The molecule has 20 heavy (non-hydrogen) atoms. The number of hydrogen-bond acceptors (Lipinski definition) is 2. The van der Waals surface area contributed by atoms with Gasteiger partial charge in [-0.15, -0.1) is 0 Å². The number of hydrogen-bond donors (Lipinski definition) is 2. The zero-order valence-corrected chi connectivity index (χ0v) is 12.7. The van der Waals surface area contributed by atoms with Crippen LogP contribution in [0.1, 0.15) is 22.7 Å². The number of nitrogens with one attached hydrogen (secondary N) is 1. The van der Waals surface area contributed by atoms with Gasteiger partial charge in [0.1, 0.15) is 6.04 Å². The van der Waals surface area contributed by atoms with E-state index in [1.54, 1.807) is 0 Å². The minimum absolute atomic E-state index is 0.505. The van der Waals surface area contributed by atoms with Crippen molar-refractivity contribution in [3.05, 3.63) is 69.7 Å². The summed E-state index contributed by atoms with van der Waals surface area (Å²) in [4.78, 5) is 11.4. The highest BCUT2D eigenvalue weighted by Gasteiger charge is 2.18. The van der Waals surface area contributed by atoms with Crippen molar-refractivity contribution in [2.24, 2.45) is 0 Å². The van der Waals surface area contributed by atoms with E-state index in [9.17, 15) is 9.90 Å². The summed E-state index contributed by atoms with van der Waals surface area (Å²) in [6.45, 7) is 2.52. The van der Waals surface area contributed by atoms with Crippen molar-refractivity contribution in [2.45, 2.75) is 19.5 Å². The molecule has 1 atom stereocenters. The summed E-state index contributed by atoms with van der Waals surface area (Å²) in [5, 5.41) is 12.4. The molecule has 0 aromatic heterocycles. The molecular weight excluding hydrogens is 318 g/mol. The van der Waals surface area contributed by atoms with Crippen LogP contribution in [0, 0.1) is 6.92 Å². The Bertz CT molecular complexity index is 599. The van der Waals surface area contributed by atoms with E-state index in [4.69, 9.17) is 0 Å². The number of rotatable bonds is 5. The zero-order valence-electron chi connectivity index (χ0n) is 11.1. The number of carboxylic acids is 1. The SMILES string of the molecule is Cc1ccc(CNC(C(=O)O)c2ccccc2)cc1Br. The Balaban J connectivity index is 2.10. The highest BCUT2D eigenvalue weighted by Crippen LogP contribution is 2.19. The van der Waals surface area contributed by atoms with Crippen LogP contribution < -0.4 is 5.32 Å². The number of carbonyl (C=O) groups is 1. The van der Waals surface area contributed by atoms with Crippen molar-refractivity contribution in [1.29, 1.82) is 0 Å². The van der Waals surface area contributed by atoms with Crippen molar-refractivity contribution in [3.63, 3.8) is 0 Å². The van der Waals surface area contributed by atoms with E-state index in [2.05, 4.69) is 21.2 Å². The molecule has 0 fully saturated rings. The van der Waals surface area contributed by atoms with Crippen LogP contribution in [0.25, 0.3) is 0 Å². The molecule has 2 aromatic rings. The molecule has 2 rings (SSSR count). The van der Waals surface area contributed by atoms with Gasteiger partial charge in [0, 0.05) is 11.0 Å². The van der Waals surface area contributed by atoms with Crippen molar-refractivity contribution < 1.29 is 9.90 Å². The highest BCUT2D eigenvalue weighted by molar-refractivity contribution is 9.10. The lowest BCUT2D eigenvalue weighted by molar-refractivity contribution is -0.139. The minimum Gasteiger partial charge on any atom is -0.480 e. The van der Waals surface area contributed by atoms with E-state index in [0.717, 1.165) is 21.2 Å². The normalized spacial score (nSPS) is 12.1. The van der Waals surface area contributed by atoms with E-state index in [1.807, 2.05) is 55.5 Å². The molecule has 2 N–H and O–H groups in total. The molecule has 3 nitrogen and oxygen atoms in total. The topological polar surface area (TPSA) is 49.3 Å². The van der Waals surface area contributed by atoms with Gasteiger partial charge in [-0.05, 0) is 29.7 Å². The summed E-state index contributed by atoms with van der Waals surface area (Å²) >= 11 is 3.48. The fourth-order valence-corrected chi connectivity index (χ4v) is 2.39. The van der Waals surface area contributed by atoms with Gasteiger partial charge in [-0.2, -0.15) is 0 Å². The minimum atomic E-state index is -0.873. The third kappa shape index (κ3) is 3.68. The zero-order chi connectivity index (χ0) is 14.5. The van der Waals surface area contributed by atoms with E-state index >= 15 is 0 Å². The quantitative estimate of drug-likeness (QED) is 0.877. The smallest absolute Gasteiger partial charge is 0.325 e. The molecule has 0 bridgehead atoms. The summed E-state index contributed by atoms with van der Waals surface area (Å²) < 4.78 is 1.03. The number of halogens is 1. The van der Waals surface area contributed by atoms with E-state index < -0.39 is 12.0 Å². The van der Waals surface area contributed by atoms with Crippen molar-refractivity contribution in [3.8, 4) is 0 Å². The van der Waals surface area contributed by atoms with Gasteiger partial charge < -0.3 is 5.11 Å². The Morgan fingerprint density at radius 3 is 2.55 bits per heavy atom. The predicted molar refractivity (Wildman–Crippen MR) is 82.5 cm³/mol. The maximum Gasteiger partial charge on any atom is 0.325 e. The largest absolute Gasteiger partial charge is 0.480 e. The predicted octanol–water partition coefficient (Wildman–Crippen LogP) is 3.67. The van der Waals surface area contributed by atoms with Gasteiger partial charge in [0.15, 0.2) is 0 Å². The van der Waals surface area contributed by atoms with Crippen LogP contribution in [-0.4, -0.2) is 11.1 Å². The lowest BCUT2D eigenvalue weighted by atomic mass is 10.1. The Kier molecular flexibility index (Phi) is 4.93. The molecule has 2 aromatic carbocycles. The third-order valence-corrected chi connectivity index (χ3v) is 3.98. The second-order valence-corrected chi connectivity index (χ2v) is 5.50. The van der Waals surface area contributed by atoms with Gasteiger partial charge in [0.2, 0.25) is 0 Å². The first-order valence-electron chi connectivity index (χ1n) is 6.34. The van der Waals surface area contributed by atoms with Crippen molar-refractivity contribution in [1.82, 2.24) is 5.32 Å². The van der Waals surface area contributed by atoms with Crippen LogP contribution in [0.3, 0.4) is 0 Å². The second kappa shape index (κ2) is 6.68. The molecule has 0 aliphatic rings. The summed E-state index contributed by atoms with van der Waals surface area (Å²) in [7, 11) is 0. The summed E-state index contributed by atoms with van der Waals surface area (Å²) in [5.41, 5.74) is 2.96. The van der Waals surface area contributed by atoms with E-state index in [0.29, 0.717) is 6.54 Å². The fourth-order valence-electron chi connectivity index (χ4n) is 1.96. The second-order valence-electron chi connectivity index (χ2n) is 4.65. The summed E-state index contributed by atoms with van der Waals surface area (Å²) in [6.07, 6.45) is 0. The molecule has 104 valence electrons. The molecule has 4 heteroatoms. The maximum atomic E-state index is 11.4. The number of carboxylic acid groups (broad SMARTS) is 1. The number of aryl methyl sites for hydroxylation is 1. The van der Waals surface area contributed by atoms with Crippen LogP contribution in [0.2, 0.25) is 0 Å². The first-order chi connectivity index (χ1) is 9.58. The number of benzene rings is 2. The first-order valence-corrected chi connectivity index (χ1v) is 7.13. The Hall–Kier alpha value is -1.65. The summed E-state index contributed by atoms with van der Waals surface area (Å²) in [5.74, 6) is -0.873. The fraction of sp³-hybridized carbons (Fsp3) is 0.188. The monoisotopic (exact) mass is 333 g/mol. The van der Waals surface area contributed by atoms with Crippen LogP contribution in [-0.2, 0) is 11.3 Å². The lowest BCUT2D eigenvalue weighted by Crippen LogP contribution is -2.28. The average molecular weight is 334 g/mol. The van der Waals surface area contributed by atoms with Crippen molar-refractivity contribution >= 4 is 21.9 Å². The van der Waals surface area contributed by atoms with Gasteiger partial charge in [-0.1, -0.05) is 58.4 Å². The summed E-state index contributed by atoms with van der Waals surface area (Å²) in [6, 6.07) is 14.5. The van der Waals surface area contributed by atoms with Gasteiger partial charge in [-0.25, -0.2) is 0 Å². The first kappa shape index (κ1) is 14.8. The Morgan fingerprint density at radius 1 is 1.25 bits per heavy atom. The van der Waals surface area contributed by atoms with Crippen LogP contribution >= 0.6 is 15.9 Å². The Morgan fingerprint density at radius 2 is 1.95 bits per heavy atom. The molecule has 0 amide bonds. The maximum absolute atomic E-state index is 11.4. The molecule has 0 saturated carbocycles. The standard InChI is InChI=1S/C16H16BrNO2/c1-11-7-8-12(9-14(11)17)10-18-15(16(19)20)13-5-3-2-4-6-13/h2-9,15,18H,10H2,1H3,(H,19,20). The van der Waals surface area contributed by atoms with Gasteiger partial charge in [-0.3, -0.25) is 10.1 Å². The molecule has 0 aliphatic heterocycles. The molecule has 0 spiro atoms.